The standard InChI is InChI=1S/C10H22N2O3S/c1-9-4-7-12(8-10(9)13)6-3-5-11-16(2,14)15/h9-11,13H,3-8H2,1-2H3. The molecule has 16 heavy (non-hydrogen) atoms. The molecule has 0 aromatic heterocycles. The minimum absolute atomic E-state index is 0.239. The number of sulfonamides is 1. The van der Waals surface area contributed by atoms with Gasteiger partial charge in [-0.05, 0) is 31.8 Å². The summed E-state index contributed by atoms with van der Waals surface area (Å²) in [5.41, 5.74) is 0. The van der Waals surface area contributed by atoms with E-state index in [0.29, 0.717) is 19.0 Å². The van der Waals surface area contributed by atoms with Crippen molar-refractivity contribution in [1.82, 2.24) is 9.62 Å². The van der Waals surface area contributed by atoms with Crippen LogP contribution in [0.3, 0.4) is 0 Å². The van der Waals surface area contributed by atoms with Crippen molar-refractivity contribution in [2.24, 2.45) is 5.92 Å². The van der Waals surface area contributed by atoms with Crippen LogP contribution in [0, 0.1) is 5.92 Å². The van der Waals surface area contributed by atoms with Gasteiger partial charge < -0.3 is 10.0 Å². The van der Waals surface area contributed by atoms with Crippen molar-refractivity contribution in [2.75, 3.05) is 32.4 Å². The maximum Gasteiger partial charge on any atom is 0.208 e. The molecule has 0 aromatic rings. The third-order valence-electron chi connectivity index (χ3n) is 3.02. The zero-order chi connectivity index (χ0) is 12.2. The molecule has 0 amide bonds. The van der Waals surface area contributed by atoms with Gasteiger partial charge in [0.1, 0.15) is 0 Å². The van der Waals surface area contributed by atoms with E-state index in [1.54, 1.807) is 0 Å². The fourth-order valence-electron chi connectivity index (χ4n) is 1.88. The van der Waals surface area contributed by atoms with E-state index in [0.717, 1.165) is 25.9 Å². The SMILES string of the molecule is CC1CCN(CCCNS(C)(=O)=O)CC1O. The van der Waals surface area contributed by atoms with Crippen LogP contribution >= 0.6 is 0 Å². The molecule has 1 fully saturated rings. The highest BCUT2D eigenvalue weighted by molar-refractivity contribution is 7.88. The average Bonchev–Trinajstić information content (AvgIpc) is 2.17. The Morgan fingerprint density at radius 2 is 2.19 bits per heavy atom. The number of nitrogens with one attached hydrogen (secondary N) is 1. The Morgan fingerprint density at radius 1 is 1.50 bits per heavy atom. The van der Waals surface area contributed by atoms with E-state index in [4.69, 9.17) is 0 Å². The highest BCUT2D eigenvalue weighted by Gasteiger charge is 2.23. The first kappa shape index (κ1) is 13.9. The van der Waals surface area contributed by atoms with E-state index in [1.165, 1.54) is 6.26 Å². The van der Waals surface area contributed by atoms with Crippen molar-refractivity contribution in [2.45, 2.75) is 25.9 Å². The van der Waals surface area contributed by atoms with E-state index in [2.05, 4.69) is 16.5 Å². The molecule has 1 heterocycles. The Balaban J connectivity index is 2.14. The summed E-state index contributed by atoms with van der Waals surface area (Å²) in [6, 6.07) is 0. The lowest BCUT2D eigenvalue weighted by Crippen LogP contribution is -2.43. The molecule has 0 bridgehead atoms. The van der Waals surface area contributed by atoms with Crippen molar-refractivity contribution < 1.29 is 13.5 Å². The lowest BCUT2D eigenvalue weighted by molar-refractivity contribution is 0.0290. The molecule has 5 nitrogen and oxygen atoms in total. The summed E-state index contributed by atoms with van der Waals surface area (Å²) in [7, 11) is -3.06. The fourth-order valence-corrected chi connectivity index (χ4v) is 2.39. The topological polar surface area (TPSA) is 69.6 Å². The smallest absolute Gasteiger partial charge is 0.208 e. The van der Waals surface area contributed by atoms with E-state index < -0.39 is 10.0 Å². The normalized spacial score (nSPS) is 28.2. The first-order valence-electron chi connectivity index (χ1n) is 5.73. The molecule has 1 saturated heterocycles. The molecule has 0 aliphatic carbocycles. The second-order valence-corrected chi connectivity index (χ2v) is 6.49. The van der Waals surface area contributed by atoms with Crippen LogP contribution < -0.4 is 4.72 Å². The molecular formula is C10H22N2O3S. The van der Waals surface area contributed by atoms with Crippen molar-refractivity contribution in [3.8, 4) is 0 Å². The molecule has 6 heteroatoms. The summed E-state index contributed by atoms with van der Waals surface area (Å²) in [4.78, 5) is 2.19. The maximum atomic E-state index is 10.8. The Bertz CT molecular complexity index is 305. The van der Waals surface area contributed by atoms with Crippen LogP contribution in [0.1, 0.15) is 19.8 Å². The molecular weight excluding hydrogens is 228 g/mol. The van der Waals surface area contributed by atoms with Gasteiger partial charge in [0.15, 0.2) is 0 Å². The molecule has 0 spiro atoms. The highest BCUT2D eigenvalue weighted by atomic mass is 32.2. The summed E-state index contributed by atoms with van der Waals surface area (Å²) < 4.78 is 24.1. The number of hydrogen-bond donors (Lipinski definition) is 2. The van der Waals surface area contributed by atoms with Crippen LogP contribution in [0.25, 0.3) is 0 Å². The Hall–Kier alpha value is -0.170. The predicted octanol–water partition coefficient (Wildman–Crippen LogP) is -0.372. The average molecular weight is 250 g/mol. The number of piperidine rings is 1. The second-order valence-electron chi connectivity index (χ2n) is 4.65. The Kier molecular flexibility index (Phi) is 5.17. The lowest BCUT2D eigenvalue weighted by atomic mass is 9.96. The quantitative estimate of drug-likeness (QED) is 0.653. The molecule has 2 unspecified atom stereocenters. The molecule has 2 N–H and O–H groups in total. The molecule has 2 atom stereocenters. The summed E-state index contributed by atoms with van der Waals surface area (Å²) in [5.74, 6) is 0.380. The number of β-amino-alcohol motifs (C(OH)–C–C–N with tert-alkyl or cyclic N) is 1. The monoisotopic (exact) mass is 250 g/mol. The van der Waals surface area contributed by atoms with Gasteiger partial charge in [-0.3, -0.25) is 0 Å². The van der Waals surface area contributed by atoms with E-state index in [1.807, 2.05) is 0 Å². The van der Waals surface area contributed by atoms with Gasteiger partial charge in [-0.15, -0.1) is 0 Å². The van der Waals surface area contributed by atoms with E-state index >= 15 is 0 Å². The van der Waals surface area contributed by atoms with Crippen molar-refractivity contribution in [1.29, 1.82) is 0 Å². The first-order chi connectivity index (χ1) is 7.38. The predicted molar refractivity (Wildman–Crippen MR) is 63.7 cm³/mol. The van der Waals surface area contributed by atoms with Crippen molar-refractivity contribution in [3.05, 3.63) is 0 Å². The fraction of sp³-hybridized carbons (Fsp3) is 1.00. The van der Waals surface area contributed by atoms with Crippen LogP contribution in [-0.4, -0.2) is 57.0 Å². The minimum Gasteiger partial charge on any atom is -0.392 e. The number of rotatable bonds is 5. The summed E-state index contributed by atoms with van der Waals surface area (Å²) in [5, 5.41) is 9.68. The minimum atomic E-state index is -3.06. The van der Waals surface area contributed by atoms with E-state index in [9.17, 15) is 13.5 Å². The van der Waals surface area contributed by atoms with Gasteiger partial charge in [-0.25, -0.2) is 13.1 Å². The summed E-state index contributed by atoms with van der Waals surface area (Å²) in [6.45, 7) is 5.08. The number of aliphatic hydroxyl groups is 1. The Morgan fingerprint density at radius 3 is 2.75 bits per heavy atom. The lowest BCUT2D eigenvalue weighted by Gasteiger charge is -2.34. The first-order valence-corrected chi connectivity index (χ1v) is 7.62. The zero-order valence-electron chi connectivity index (χ0n) is 10.0. The van der Waals surface area contributed by atoms with Gasteiger partial charge in [0, 0.05) is 13.1 Å². The van der Waals surface area contributed by atoms with Gasteiger partial charge in [0.2, 0.25) is 10.0 Å². The van der Waals surface area contributed by atoms with Gasteiger partial charge in [0.25, 0.3) is 0 Å². The maximum absolute atomic E-state index is 10.8. The summed E-state index contributed by atoms with van der Waals surface area (Å²) >= 11 is 0. The molecule has 1 rings (SSSR count). The molecule has 0 saturated carbocycles. The van der Waals surface area contributed by atoms with Crippen LogP contribution in [0.4, 0.5) is 0 Å². The zero-order valence-corrected chi connectivity index (χ0v) is 10.8. The number of likely N-dealkylation sites (tertiary alicyclic amines) is 1. The van der Waals surface area contributed by atoms with Gasteiger partial charge in [-0.1, -0.05) is 6.92 Å². The number of aliphatic hydroxyl groups excluding tert-OH is 1. The second kappa shape index (κ2) is 5.95. The van der Waals surface area contributed by atoms with Gasteiger partial charge >= 0.3 is 0 Å². The van der Waals surface area contributed by atoms with Crippen LogP contribution in [0.5, 0.6) is 0 Å². The number of nitrogens with zero attached hydrogens (tertiary/aromatic N) is 1. The molecule has 96 valence electrons. The molecule has 0 aromatic carbocycles. The third kappa shape index (κ3) is 5.25. The van der Waals surface area contributed by atoms with Gasteiger partial charge in [-0.2, -0.15) is 0 Å². The van der Waals surface area contributed by atoms with Crippen molar-refractivity contribution in [3.63, 3.8) is 0 Å². The highest BCUT2D eigenvalue weighted by Crippen LogP contribution is 2.16. The van der Waals surface area contributed by atoms with Crippen molar-refractivity contribution >= 4 is 10.0 Å². The molecule has 0 radical (unpaired) electrons. The van der Waals surface area contributed by atoms with Crippen LogP contribution in [-0.2, 0) is 10.0 Å². The third-order valence-corrected chi connectivity index (χ3v) is 3.75. The summed E-state index contributed by atoms with van der Waals surface area (Å²) in [6.07, 6.45) is 2.73. The van der Waals surface area contributed by atoms with E-state index in [-0.39, 0.29) is 6.10 Å². The van der Waals surface area contributed by atoms with Crippen LogP contribution in [0.2, 0.25) is 0 Å². The molecule has 1 aliphatic heterocycles. The van der Waals surface area contributed by atoms with Crippen LogP contribution in [0.15, 0.2) is 0 Å². The Labute approximate surface area is 97.9 Å². The van der Waals surface area contributed by atoms with Gasteiger partial charge in [0.05, 0.1) is 12.4 Å². The molecule has 1 aliphatic rings. The largest absolute Gasteiger partial charge is 0.392 e. The number of hydrogen-bond acceptors (Lipinski definition) is 4.